The number of hydrogen-bond acceptors (Lipinski definition) is 5. The van der Waals surface area contributed by atoms with Gasteiger partial charge in [-0.1, -0.05) is 6.07 Å². The SMILES string of the molecule is CCOc1cc(C(c2ccsc2)N2CCCNCC2)ccc1OC. The Hall–Kier alpha value is -1.56. The van der Waals surface area contributed by atoms with E-state index in [1.54, 1.807) is 18.4 Å². The van der Waals surface area contributed by atoms with Gasteiger partial charge in [-0.15, -0.1) is 0 Å². The first-order valence-electron chi connectivity index (χ1n) is 8.61. The van der Waals surface area contributed by atoms with Crippen molar-refractivity contribution >= 4 is 11.3 Å². The molecule has 4 nitrogen and oxygen atoms in total. The summed E-state index contributed by atoms with van der Waals surface area (Å²) in [5.74, 6) is 1.62. The minimum atomic E-state index is 0.265. The van der Waals surface area contributed by atoms with E-state index >= 15 is 0 Å². The highest BCUT2D eigenvalue weighted by Gasteiger charge is 2.24. The minimum absolute atomic E-state index is 0.265. The zero-order valence-electron chi connectivity index (χ0n) is 14.5. The van der Waals surface area contributed by atoms with Crippen LogP contribution >= 0.6 is 11.3 Å². The third-order valence-corrected chi connectivity index (χ3v) is 5.10. The van der Waals surface area contributed by atoms with E-state index < -0.39 is 0 Å². The third kappa shape index (κ3) is 3.91. The first-order chi connectivity index (χ1) is 11.8. The first-order valence-corrected chi connectivity index (χ1v) is 9.55. The van der Waals surface area contributed by atoms with E-state index in [-0.39, 0.29) is 6.04 Å². The van der Waals surface area contributed by atoms with Gasteiger partial charge in [0.05, 0.1) is 19.8 Å². The Balaban J connectivity index is 1.97. The largest absolute Gasteiger partial charge is 0.493 e. The van der Waals surface area contributed by atoms with Crippen LogP contribution in [0.5, 0.6) is 11.5 Å². The fourth-order valence-electron chi connectivity index (χ4n) is 3.30. The molecule has 2 aromatic rings. The molecular weight excluding hydrogens is 320 g/mol. The van der Waals surface area contributed by atoms with E-state index in [0.29, 0.717) is 6.61 Å². The maximum absolute atomic E-state index is 5.79. The van der Waals surface area contributed by atoms with Crippen molar-refractivity contribution < 1.29 is 9.47 Å². The fraction of sp³-hybridized carbons (Fsp3) is 0.474. The fourth-order valence-corrected chi connectivity index (χ4v) is 3.98. The number of nitrogens with zero attached hydrogens (tertiary/aromatic N) is 1. The Kier molecular flexibility index (Phi) is 6.12. The summed E-state index contributed by atoms with van der Waals surface area (Å²) in [6.45, 7) is 6.92. The Morgan fingerprint density at radius 3 is 2.83 bits per heavy atom. The van der Waals surface area contributed by atoms with Crippen molar-refractivity contribution in [1.82, 2.24) is 10.2 Å². The molecule has 1 aliphatic rings. The van der Waals surface area contributed by atoms with Crippen molar-refractivity contribution in [3.63, 3.8) is 0 Å². The lowest BCUT2D eigenvalue weighted by molar-refractivity contribution is 0.240. The maximum atomic E-state index is 5.79. The summed E-state index contributed by atoms with van der Waals surface area (Å²) in [4.78, 5) is 2.57. The van der Waals surface area contributed by atoms with Gasteiger partial charge in [-0.3, -0.25) is 4.90 Å². The summed E-state index contributed by atoms with van der Waals surface area (Å²) in [7, 11) is 1.69. The van der Waals surface area contributed by atoms with Gasteiger partial charge in [0.25, 0.3) is 0 Å². The molecule has 1 aromatic heterocycles. The van der Waals surface area contributed by atoms with Crippen LogP contribution in [0.2, 0.25) is 0 Å². The minimum Gasteiger partial charge on any atom is -0.493 e. The smallest absolute Gasteiger partial charge is 0.161 e. The van der Waals surface area contributed by atoms with Gasteiger partial charge in [0, 0.05) is 19.6 Å². The third-order valence-electron chi connectivity index (χ3n) is 4.40. The molecular formula is C19H26N2O2S. The molecule has 1 N–H and O–H groups in total. The lowest BCUT2D eigenvalue weighted by atomic mass is 9.98. The van der Waals surface area contributed by atoms with Crippen LogP contribution in [-0.2, 0) is 0 Å². The zero-order valence-corrected chi connectivity index (χ0v) is 15.3. The second kappa shape index (κ2) is 8.51. The normalized spacial score (nSPS) is 17.2. The number of hydrogen-bond donors (Lipinski definition) is 1. The van der Waals surface area contributed by atoms with Crippen LogP contribution in [0, 0.1) is 0 Å². The average molecular weight is 346 g/mol. The number of methoxy groups -OCH3 is 1. The number of benzene rings is 1. The second-order valence-electron chi connectivity index (χ2n) is 5.94. The Labute approximate surface area is 148 Å². The molecule has 1 aliphatic heterocycles. The van der Waals surface area contributed by atoms with Crippen molar-refractivity contribution in [1.29, 1.82) is 0 Å². The predicted molar refractivity (Wildman–Crippen MR) is 99.4 cm³/mol. The van der Waals surface area contributed by atoms with Crippen molar-refractivity contribution in [3.05, 3.63) is 46.2 Å². The summed E-state index contributed by atoms with van der Waals surface area (Å²) < 4.78 is 11.2. The van der Waals surface area contributed by atoms with Gasteiger partial charge >= 0.3 is 0 Å². The quantitative estimate of drug-likeness (QED) is 0.867. The Bertz CT molecular complexity index is 622. The van der Waals surface area contributed by atoms with E-state index in [2.05, 4.69) is 39.2 Å². The van der Waals surface area contributed by atoms with Crippen LogP contribution in [-0.4, -0.2) is 44.8 Å². The molecule has 0 bridgehead atoms. The molecule has 1 fully saturated rings. The van der Waals surface area contributed by atoms with E-state index in [9.17, 15) is 0 Å². The lowest BCUT2D eigenvalue weighted by Gasteiger charge is -2.31. The molecule has 0 aliphatic carbocycles. The van der Waals surface area contributed by atoms with Gasteiger partial charge in [0.15, 0.2) is 11.5 Å². The molecule has 0 saturated carbocycles. The monoisotopic (exact) mass is 346 g/mol. The number of thiophene rings is 1. The number of ether oxygens (including phenoxy) is 2. The van der Waals surface area contributed by atoms with Gasteiger partial charge in [-0.05, 0) is 60.0 Å². The molecule has 2 heterocycles. The molecule has 1 atom stereocenters. The lowest BCUT2D eigenvalue weighted by Crippen LogP contribution is -2.32. The van der Waals surface area contributed by atoms with Gasteiger partial charge in [0.1, 0.15) is 0 Å². The van der Waals surface area contributed by atoms with Crippen molar-refractivity contribution in [2.45, 2.75) is 19.4 Å². The van der Waals surface area contributed by atoms with Gasteiger partial charge in [-0.25, -0.2) is 0 Å². The molecule has 130 valence electrons. The van der Waals surface area contributed by atoms with Crippen LogP contribution in [0.1, 0.15) is 30.5 Å². The van der Waals surface area contributed by atoms with E-state index in [1.807, 2.05) is 13.0 Å². The standard InChI is InChI=1S/C19H26N2O2S/c1-3-23-18-13-15(5-6-17(18)22-2)19(16-7-12-24-14-16)21-10-4-8-20-9-11-21/h5-7,12-14,19-20H,3-4,8-11H2,1-2H3. The molecule has 0 amide bonds. The van der Waals surface area contributed by atoms with Gasteiger partial charge in [0.2, 0.25) is 0 Å². The zero-order chi connectivity index (χ0) is 16.8. The Morgan fingerprint density at radius 1 is 1.17 bits per heavy atom. The summed E-state index contributed by atoms with van der Waals surface area (Å²) >= 11 is 1.76. The van der Waals surface area contributed by atoms with E-state index in [4.69, 9.17) is 9.47 Å². The van der Waals surface area contributed by atoms with Gasteiger partial charge in [-0.2, -0.15) is 11.3 Å². The molecule has 24 heavy (non-hydrogen) atoms. The highest BCUT2D eigenvalue weighted by molar-refractivity contribution is 7.08. The first kappa shape index (κ1) is 17.3. The summed E-state index contributed by atoms with van der Waals surface area (Å²) in [5, 5.41) is 7.91. The van der Waals surface area contributed by atoms with Crippen LogP contribution < -0.4 is 14.8 Å². The predicted octanol–water partition coefficient (Wildman–Crippen LogP) is 3.54. The van der Waals surface area contributed by atoms with Crippen LogP contribution in [0.15, 0.2) is 35.0 Å². The van der Waals surface area contributed by atoms with Crippen molar-refractivity contribution in [2.24, 2.45) is 0 Å². The number of rotatable bonds is 6. The van der Waals surface area contributed by atoms with Crippen LogP contribution in [0.25, 0.3) is 0 Å². The second-order valence-corrected chi connectivity index (χ2v) is 6.72. The molecule has 0 spiro atoms. The van der Waals surface area contributed by atoms with Crippen LogP contribution in [0.4, 0.5) is 0 Å². The molecule has 0 radical (unpaired) electrons. The summed E-state index contributed by atoms with van der Waals surface area (Å²) in [6, 6.07) is 8.83. The van der Waals surface area contributed by atoms with Gasteiger partial charge < -0.3 is 14.8 Å². The van der Waals surface area contributed by atoms with E-state index in [1.165, 1.54) is 17.5 Å². The topological polar surface area (TPSA) is 33.7 Å². The van der Waals surface area contributed by atoms with Crippen molar-refractivity contribution in [2.75, 3.05) is 39.9 Å². The maximum Gasteiger partial charge on any atom is 0.161 e. The number of nitrogens with one attached hydrogen (secondary N) is 1. The summed E-state index contributed by atoms with van der Waals surface area (Å²) in [6.07, 6.45) is 1.18. The molecule has 1 unspecified atom stereocenters. The molecule has 1 aromatic carbocycles. The van der Waals surface area contributed by atoms with Crippen LogP contribution in [0.3, 0.4) is 0 Å². The molecule has 1 saturated heterocycles. The van der Waals surface area contributed by atoms with E-state index in [0.717, 1.165) is 37.7 Å². The highest BCUT2D eigenvalue weighted by Crippen LogP contribution is 2.36. The molecule has 3 rings (SSSR count). The Morgan fingerprint density at radius 2 is 2.08 bits per heavy atom. The van der Waals surface area contributed by atoms with Crippen molar-refractivity contribution in [3.8, 4) is 11.5 Å². The average Bonchev–Trinajstić information content (AvgIpc) is 2.99. The summed E-state index contributed by atoms with van der Waals surface area (Å²) in [5.41, 5.74) is 2.62. The molecule has 5 heteroatoms. The highest BCUT2D eigenvalue weighted by atomic mass is 32.1.